The first-order chi connectivity index (χ1) is 7.66. The van der Waals surface area contributed by atoms with Crippen molar-refractivity contribution in [2.45, 2.75) is 13.8 Å². The topological polar surface area (TPSA) is 20.2 Å². The molecule has 0 aliphatic heterocycles. The highest BCUT2D eigenvalue weighted by atomic mass is 16.2. The van der Waals surface area contributed by atoms with E-state index in [1.54, 1.807) is 0 Å². The minimum atomic E-state index is -0.528. The van der Waals surface area contributed by atoms with Crippen LogP contribution < -0.4 is 10.9 Å². The summed E-state index contributed by atoms with van der Waals surface area (Å²) in [4.78, 5) is 0. The van der Waals surface area contributed by atoms with Crippen LogP contribution in [0.3, 0.4) is 0 Å². The van der Waals surface area contributed by atoms with Gasteiger partial charge in [0, 0.05) is 0 Å². The number of aryl methyl sites for hydroxylation is 2. The fraction of sp³-hybridized carbons (Fsp3) is 0.143. The lowest BCUT2D eigenvalue weighted by atomic mass is 9.55. The third kappa shape index (κ3) is 2.34. The molecule has 0 aliphatic carbocycles. The average molecular weight is 210 g/mol. The van der Waals surface area contributed by atoms with Gasteiger partial charge in [-0.3, -0.25) is 0 Å². The van der Waals surface area contributed by atoms with E-state index in [0.717, 1.165) is 10.9 Å². The molecule has 0 saturated carbocycles. The Labute approximate surface area is 96.9 Å². The maximum absolute atomic E-state index is 10.2. The minimum absolute atomic E-state index is 0.528. The normalized spacial score (nSPS) is 10.2. The van der Waals surface area contributed by atoms with Crippen LogP contribution in [-0.4, -0.2) is 11.9 Å². The summed E-state index contributed by atoms with van der Waals surface area (Å²) in [5.74, 6) is 0. The summed E-state index contributed by atoms with van der Waals surface area (Å²) >= 11 is 0. The van der Waals surface area contributed by atoms with Crippen LogP contribution in [0.25, 0.3) is 0 Å². The molecular formula is C14H15BO. The minimum Gasteiger partial charge on any atom is -0.443 e. The third-order valence-electron chi connectivity index (χ3n) is 2.72. The van der Waals surface area contributed by atoms with Crippen molar-refractivity contribution in [3.63, 3.8) is 0 Å². The van der Waals surface area contributed by atoms with Crippen LogP contribution in [-0.2, 0) is 0 Å². The van der Waals surface area contributed by atoms with Gasteiger partial charge < -0.3 is 5.02 Å². The third-order valence-corrected chi connectivity index (χ3v) is 2.72. The first kappa shape index (κ1) is 11.0. The second-order valence-corrected chi connectivity index (χ2v) is 4.23. The second kappa shape index (κ2) is 4.54. The Morgan fingerprint density at radius 3 is 1.62 bits per heavy atom. The van der Waals surface area contributed by atoms with Crippen molar-refractivity contribution < 1.29 is 5.02 Å². The van der Waals surface area contributed by atoms with E-state index in [4.69, 9.17) is 0 Å². The molecule has 2 rings (SSSR count). The second-order valence-electron chi connectivity index (χ2n) is 4.23. The number of benzene rings is 2. The van der Waals surface area contributed by atoms with Crippen molar-refractivity contribution in [2.24, 2.45) is 0 Å². The molecule has 0 saturated heterocycles. The molecule has 2 aromatic carbocycles. The molecular weight excluding hydrogens is 195 g/mol. The van der Waals surface area contributed by atoms with E-state index in [1.807, 2.05) is 62.4 Å². The van der Waals surface area contributed by atoms with E-state index in [9.17, 15) is 5.02 Å². The van der Waals surface area contributed by atoms with Gasteiger partial charge in [-0.05, 0) is 24.8 Å². The van der Waals surface area contributed by atoms with Gasteiger partial charge >= 0.3 is 6.92 Å². The quantitative estimate of drug-likeness (QED) is 0.743. The highest BCUT2D eigenvalue weighted by Gasteiger charge is 2.16. The van der Waals surface area contributed by atoms with Crippen molar-refractivity contribution in [3.05, 3.63) is 59.7 Å². The van der Waals surface area contributed by atoms with Gasteiger partial charge in [0.2, 0.25) is 0 Å². The van der Waals surface area contributed by atoms with Crippen molar-refractivity contribution in [1.82, 2.24) is 0 Å². The van der Waals surface area contributed by atoms with E-state index in [-0.39, 0.29) is 0 Å². The highest BCUT2D eigenvalue weighted by molar-refractivity contribution is 6.78. The molecule has 0 heterocycles. The van der Waals surface area contributed by atoms with Crippen LogP contribution in [0.1, 0.15) is 11.1 Å². The molecule has 0 atom stereocenters. The first-order valence-corrected chi connectivity index (χ1v) is 5.48. The Morgan fingerprint density at radius 1 is 0.812 bits per heavy atom. The summed E-state index contributed by atoms with van der Waals surface area (Å²) in [6.07, 6.45) is 0. The molecule has 0 amide bonds. The number of hydrogen-bond acceptors (Lipinski definition) is 1. The summed E-state index contributed by atoms with van der Waals surface area (Å²) in [5, 5.41) is 10.2. The fourth-order valence-electron chi connectivity index (χ4n) is 1.87. The summed E-state index contributed by atoms with van der Waals surface area (Å²) in [7, 11) is 0. The fourth-order valence-corrected chi connectivity index (χ4v) is 1.87. The van der Waals surface area contributed by atoms with Gasteiger partial charge in [-0.25, -0.2) is 0 Å². The Kier molecular flexibility index (Phi) is 3.11. The standard InChI is InChI=1S/C14H15BO/c1-11-5-3-7-13(9-11)15(16)14-8-4-6-12(2)10-14/h3-10,16H,1-2H3. The van der Waals surface area contributed by atoms with E-state index in [1.165, 1.54) is 11.1 Å². The maximum atomic E-state index is 10.2. The monoisotopic (exact) mass is 210 g/mol. The van der Waals surface area contributed by atoms with Crippen LogP contribution in [0, 0.1) is 13.8 Å². The van der Waals surface area contributed by atoms with Crippen LogP contribution in [0.4, 0.5) is 0 Å². The Morgan fingerprint density at radius 2 is 1.25 bits per heavy atom. The molecule has 0 aliphatic rings. The lowest BCUT2D eigenvalue weighted by Gasteiger charge is -2.08. The highest BCUT2D eigenvalue weighted by Crippen LogP contribution is 1.97. The number of hydrogen-bond donors (Lipinski definition) is 1. The smallest absolute Gasteiger partial charge is 0.358 e. The van der Waals surface area contributed by atoms with Crippen LogP contribution in [0.15, 0.2) is 48.5 Å². The first-order valence-electron chi connectivity index (χ1n) is 5.48. The van der Waals surface area contributed by atoms with Crippen LogP contribution in [0.5, 0.6) is 0 Å². The summed E-state index contributed by atoms with van der Waals surface area (Å²) in [6.45, 7) is 3.54. The van der Waals surface area contributed by atoms with E-state index in [0.29, 0.717) is 0 Å². The van der Waals surface area contributed by atoms with Crippen molar-refractivity contribution in [1.29, 1.82) is 0 Å². The van der Waals surface area contributed by atoms with E-state index < -0.39 is 6.92 Å². The lowest BCUT2D eigenvalue weighted by Crippen LogP contribution is -2.42. The zero-order chi connectivity index (χ0) is 11.5. The van der Waals surface area contributed by atoms with Crippen LogP contribution in [0.2, 0.25) is 0 Å². The zero-order valence-corrected chi connectivity index (χ0v) is 9.64. The molecule has 0 radical (unpaired) electrons. The molecule has 16 heavy (non-hydrogen) atoms. The van der Waals surface area contributed by atoms with Gasteiger partial charge in [-0.1, -0.05) is 59.7 Å². The molecule has 0 aromatic heterocycles. The lowest BCUT2D eigenvalue weighted by molar-refractivity contribution is 0.600. The van der Waals surface area contributed by atoms with E-state index >= 15 is 0 Å². The largest absolute Gasteiger partial charge is 0.443 e. The molecule has 0 spiro atoms. The summed E-state index contributed by atoms with van der Waals surface area (Å²) in [5.41, 5.74) is 4.24. The Bertz CT molecular complexity index is 448. The van der Waals surface area contributed by atoms with Crippen LogP contribution >= 0.6 is 0 Å². The summed E-state index contributed by atoms with van der Waals surface area (Å²) < 4.78 is 0. The molecule has 2 heteroatoms. The molecule has 2 aromatic rings. The van der Waals surface area contributed by atoms with Gasteiger partial charge in [0.25, 0.3) is 0 Å². The van der Waals surface area contributed by atoms with Crippen molar-refractivity contribution >= 4 is 17.8 Å². The Balaban J connectivity index is 2.35. The van der Waals surface area contributed by atoms with Gasteiger partial charge in [0.1, 0.15) is 0 Å². The van der Waals surface area contributed by atoms with Crippen molar-refractivity contribution in [3.8, 4) is 0 Å². The molecule has 0 fully saturated rings. The summed E-state index contributed by atoms with van der Waals surface area (Å²) in [6, 6.07) is 16.0. The van der Waals surface area contributed by atoms with Gasteiger partial charge in [0.05, 0.1) is 0 Å². The van der Waals surface area contributed by atoms with Gasteiger partial charge in [0.15, 0.2) is 0 Å². The van der Waals surface area contributed by atoms with Gasteiger partial charge in [-0.2, -0.15) is 0 Å². The predicted octanol–water partition coefficient (Wildman–Crippen LogP) is 1.40. The Hall–Kier alpha value is -1.54. The van der Waals surface area contributed by atoms with Gasteiger partial charge in [-0.15, -0.1) is 0 Å². The molecule has 1 N–H and O–H groups in total. The van der Waals surface area contributed by atoms with Crippen molar-refractivity contribution in [2.75, 3.05) is 0 Å². The maximum Gasteiger partial charge on any atom is 0.358 e. The molecule has 0 bridgehead atoms. The predicted molar refractivity (Wildman–Crippen MR) is 69.6 cm³/mol. The number of rotatable bonds is 2. The van der Waals surface area contributed by atoms with E-state index in [2.05, 4.69) is 0 Å². The zero-order valence-electron chi connectivity index (χ0n) is 9.64. The average Bonchev–Trinajstić information content (AvgIpc) is 2.28. The molecule has 1 nitrogen and oxygen atoms in total. The SMILES string of the molecule is Cc1cccc(B(O)c2cccc(C)c2)c1. The molecule has 80 valence electrons. The molecule has 0 unspecified atom stereocenters.